The Morgan fingerprint density at radius 3 is 2.25 bits per heavy atom. The van der Waals surface area contributed by atoms with Gasteiger partial charge in [0.2, 0.25) is 0 Å². The molecule has 63 valence electrons. The molecule has 0 unspecified atom stereocenters. The zero-order valence-electron chi connectivity index (χ0n) is 5.61. The highest BCUT2D eigenvalue weighted by Crippen LogP contribution is 2.27. The highest BCUT2D eigenvalue weighted by molar-refractivity contribution is 6.15. The zero-order valence-corrected chi connectivity index (χ0v) is 5.61. The maximum absolute atomic E-state index is 11.9. The fourth-order valence-electron chi connectivity index (χ4n) is 0.674. The third-order valence-corrected chi connectivity index (χ3v) is 1.18. The predicted octanol–water partition coefficient (Wildman–Crippen LogP) is 0.986. The van der Waals surface area contributed by atoms with E-state index in [2.05, 4.69) is 0 Å². The standard InChI is InChI=1S/C7H2F3O2/c8-7(9,10)5-3-4(11)1-2-6(5)12/h1,3H. The molecule has 0 saturated heterocycles. The van der Waals surface area contributed by atoms with Crippen molar-refractivity contribution in [3.05, 3.63) is 23.8 Å². The van der Waals surface area contributed by atoms with Gasteiger partial charge in [0, 0.05) is 12.2 Å². The van der Waals surface area contributed by atoms with Crippen LogP contribution in [0.15, 0.2) is 17.7 Å². The molecule has 1 aliphatic carbocycles. The molecule has 0 aromatic heterocycles. The lowest BCUT2D eigenvalue weighted by atomic mass is 10.0. The molecule has 5 heteroatoms. The largest absolute Gasteiger partial charge is 0.420 e. The number of carbonyl (C=O) groups excluding carboxylic acids is 2. The highest BCUT2D eigenvalue weighted by Gasteiger charge is 2.39. The molecule has 1 aliphatic rings. The van der Waals surface area contributed by atoms with Gasteiger partial charge < -0.3 is 0 Å². The van der Waals surface area contributed by atoms with E-state index in [4.69, 9.17) is 0 Å². The minimum Gasteiger partial charge on any atom is -0.290 e. The Kier molecular flexibility index (Phi) is 1.87. The molecular weight excluding hydrogens is 173 g/mol. The first-order valence-corrected chi connectivity index (χ1v) is 2.88. The first kappa shape index (κ1) is 8.70. The van der Waals surface area contributed by atoms with Gasteiger partial charge in [0.15, 0.2) is 11.6 Å². The van der Waals surface area contributed by atoms with Crippen LogP contribution in [0.5, 0.6) is 0 Å². The summed E-state index contributed by atoms with van der Waals surface area (Å²) < 4.78 is 35.6. The maximum atomic E-state index is 11.9. The fraction of sp³-hybridized carbons (Fsp3) is 0.143. The molecule has 0 aliphatic heterocycles. The summed E-state index contributed by atoms with van der Waals surface area (Å²) >= 11 is 0. The number of ketones is 2. The van der Waals surface area contributed by atoms with E-state index in [0.29, 0.717) is 6.08 Å². The minimum atomic E-state index is -4.77. The number of Topliss-reactive ketones (excluding diaryl/α,β-unsaturated/α-hetero) is 1. The van der Waals surface area contributed by atoms with Gasteiger partial charge in [-0.2, -0.15) is 13.2 Å². The van der Waals surface area contributed by atoms with E-state index in [-0.39, 0.29) is 6.08 Å². The van der Waals surface area contributed by atoms with Crippen LogP contribution in [0, 0.1) is 6.08 Å². The minimum absolute atomic E-state index is 0.263. The van der Waals surface area contributed by atoms with Crippen molar-refractivity contribution in [1.29, 1.82) is 0 Å². The Bertz CT molecular complexity index is 296. The molecule has 0 heterocycles. The lowest BCUT2D eigenvalue weighted by Crippen LogP contribution is -2.22. The smallest absolute Gasteiger partial charge is 0.290 e. The van der Waals surface area contributed by atoms with E-state index in [0.717, 1.165) is 0 Å². The Morgan fingerprint density at radius 1 is 1.25 bits per heavy atom. The van der Waals surface area contributed by atoms with Crippen LogP contribution in [0.1, 0.15) is 0 Å². The topological polar surface area (TPSA) is 34.1 Å². The molecule has 0 aromatic rings. The number of carbonyl (C=O) groups is 2. The van der Waals surface area contributed by atoms with E-state index < -0.39 is 23.3 Å². The molecule has 0 amide bonds. The SMILES string of the molecule is O=C1C=[C]C(=O)C(C(F)(F)F)=C1. The molecular formula is C7H2F3O2. The summed E-state index contributed by atoms with van der Waals surface area (Å²) in [5.74, 6) is -2.18. The molecule has 12 heavy (non-hydrogen) atoms. The van der Waals surface area contributed by atoms with Crippen LogP contribution in [-0.4, -0.2) is 17.7 Å². The first-order valence-electron chi connectivity index (χ1n) is 2.88. The van der Waals surface area contributed by atoms with Crippen molar-refractivity contribution >= 4 is 11.6 Å². The molecule has 1 rings (SSSR count). The number of hydrogen-bond donors (Lipinski definition) is 0. The van der Waals surface area contributed by atoms with Crippen molar-refractivity contribution < 1.29 is 22.8 Å². The van der Waals surface area contributed by atoms with Gasteiger partial charge in [0.05, 0.1) is 0 Å². The molecule has 0 fully saturated rings. The summed E-state index contributed by atoms with van der Waals surface area (Å²) in [7, 11) is 0. The second kappa shape index (κ2) is 2.58. The Hall–Kier alpha value is -1.39. The lowest BCUT2D eigenvalue weighted by Gasteiger charge is -2.09. The molecule has 0 aromatic carbocycles. The number of hydrogen-bond acceptors (Lipinski definition) is 2. The third kappa shape index (κ3) is 1.61. The average Bonchev–Trinajstić information content (AvgIpc) is 1.92. The van der Waals surface area contributed by atoms with E-state index in [1.807, 2.05) is 0 Å². The van der Waals surface area contributed by atoms with Crippen LogP contribution >= 0.6 is 0 Å². The average molecular weight is 175 g/mol. The van der Waals surface area contributed by atoms with Gasteiger partial charge in [-0.05, 0) is 6.08 Å². The molecule has 0 N–H and O–H groups in total. The number of halogens is 3. The summed E-state index contributed by atoms with van der Waals surface area (Å²) in [6, 6.07) is 0. The van der Waals surface area contributed by atoms with E-state index >= 15 is 0 Å². The van der Waals surface area contributed by atoms with Gasteiger partial charge >= 0.3 is 6.18 Å². The fourth-order valence-corrected chi connectivity index (χ4v) is 0.674. The summed E-state index contributed by atoms with van der Waals surface area (Å²) in [5.41, 5.74) is -1.46. The van der Waals surface area contributed by atoms with Gasteiger partial charge in [0.25, 0.3) is 0 Å². The number of alkyl halides is 3. The normalized spacial score (nSPS) is 18.1. The molecule has 0 spiro atoms. The Balaban J connectivity index is 3.05. The maximum Gasteiger partial charge on any atom is 0.420 e. The quantitative estimate of drug-likeness (QED) is 0.514. The first-order chi connectivity index (χ1) is 5.41. The third-order valence-electron chi connectivity index (χ3n) is 1.18. The summed E-state index contributed by atoms with van der Waals surface area (Å²) in [6.45, 7) is 0. The zero-order chi connectivity index (χ0) is 9.35. The second-order valence-corrected chi connectivity index (χ2v) is 2.08. The number of rotatable bonds is 0. The molecule has 2 nitrogen and oxygen atoms in total. The van der Waals surface area contributed by atoms with Crippen molar-refractivity contribution in [3.8, 4) is 0 Å². The van der Waals surface area contributed by atoms with Gasteiger partial charge in [-0.15, -0.1) is 0 Å². The van der Waals surface area contributed by atoms with Crippen LogP contribution in [0.2, 0.25) is 0 Å². The summed E-state index contributed by atoms with van der Waals surface area (Å²) in [6.07, 6.45) is -2.14. The lowest BCUT2D eigenvalue weighted by molar-refractivity contribution is -0.127. The Morgan fingerprint density at radius 2 is 1.83 bits per heavy atom. The van der Waals surface area contributed by atoms with Gasteiger partial charge in [-0.3, -0.25) is 9.59 Å². The van der Waals surface area contributed by atoms with E-state index in [9.17, 15) is 22.8 Å². The van der Waals surface area contributed by atoms with Crippen molar-refractivity contribution in [2.24, 2.45) is 0 Å². The van der Waals surface area contributed by atoms with Gasteiger partial charge in [-0.1, -0.05) is 0 Å². The van der Waals surface area contributed by atoms with Crippen LogP contribution in [0.25, 0.3) is 0 Å². The summed E-state index contributed by atoms with van der Waals surface area (Å²) in [4.78, 5) is 20.9. The monoisotopic (exact) mass is 175 g/mol. The highest BCUT2D eigenvalue weighted by atomic mass is 19.4. The van der Waals surface area contributed by atoms with Crippen LogP contribution in [-0.2, 0) is 9.59 Å². The second-order valence-electron chi connectivity index (χ2n) is 2.08. The van der Waals surface area contributed by atoms with Gasteiger partial charge in [-0.25, -0.2) is 0 Å². The van der Waals surface area contributed by atoms with Crippen molar-refractivity contribution in [2.45, 2.75) is 6.18 Å². The molecule has 1 radical (unpaired) electrons. The predicted molar refractivity (Wildman–Crippen MR) is 32.0 cm³/mol. The van der Waals surface area contributed by atoms with E-state index in [1.165, 1.54) is 0 Å². The van der Waals surface area contributed by atoms with Crippen LogP contribution in [0.4, 0.5) is 13.2 Å². The van der Waals surface area contributed by atoms with Crippen molar-refractivity contribution in [2.75, 3.05) is 0 Å². The van der Waals surface area contributed by atoms with Crippen molar-refractivity contribution in [1.82, 2.24) is 0 Å². The van der Waals surface area contributed by atoms with Crippen LogP contribution < -0.4 is 0 Å². The number of allylic oxidation sites excluding steroid dienone is 4. The van der Waals surface area contributed by atoms with Crippen LogP contribution in [0.3, 0.4) is 0 Å². The summed E-state index contributed by atoms with van der Waals surface area (Å²) in [5, 5.41) is 0. The van der Waals surface area contributed by atoms with E-state index in [1.54, 1.807) is 6.08 Å². The molecule has 0 saturated carbocycles. The molecule has 0 atom stereocenters. The van der Waals surface area contributed by atoms with Gasteiger partial charge in [0.1, 0.15) is 5.57 Å². The van der Waals surface area contributed by atoms with Crippen molar-refractivity contribution in [3.63, 3.8) is 0 Å². The Labute approximate surface area is 65.4 Å². The molecule has 0 bridgehead atoms.